The second-order valence-corrected chi connectivity index (χ2v) is 5.83. The lowest BCUT2D eigenvalue weighted by Gasteiger charge is -2.28. The maximum absolute atomic E-state index is 12.7. The maximum Gasteiger partial charge on any atom is 0.325 e. The summed E-state index contributed by atoms with van der Waals surface area (Å²) in [4.78, 5) is 25.9. The van der Waals surface area contributed by atoms with Crippen LogP contribution in [-0.2, 0) is 9.53 Å². The number of ether oxygens (including phenoxy) is 1. The Bertz CT molecular complexity index is 542. The topological polar surface area (TPSA) is 46.6 Å². The van der Waals surface area contributed by atoms with Crippen LogP contribution in [0.25, 0.3) is 0 Å². The van der Waals surface area contributed by atoms with Gasteiger partial charge in [0.1, 0.15) is 6.54 Å². The minimum absolute atomic E-state index is 0.0478. The summed E-state index contributed by atoms with van der Waals surface area (Å²) in [6.07, 6.45) is 3.89. The molecule has 0 aromatic heterocycles. The smallest absolute Gasteiger partial charge is 0.325 e. The molecule has 1 aliphatic carbocycles. The van der Waals surface area contributed by atoms with Gasteiger partial charge in [-0.05, 0) is 25.0 Å². The number of carbonyl (C=O) groups is 2. The zero-order valence-electron chi connectivity index (χ0n) is 11.8. The molecule has 0 unspecified atom stereocenters. The lowest BCUT2D eigenvalue weighted by atomic mass is 10.1. The number of halogens is 2. The van der Waals surface area contributed by atoms with Crippen molar-refractivity contribution in [2.45, 2.75) is 31.7 Å². The molecule has 1 saturated carbocycles. The van der Waals surface area contributed by atoms with Crippen LogP contribution in [0.4, 0.5) is 0 Å². The predicted octanol–water partition coefficient (Wildman–Crippen LogP) is 3.55. The van der Waals surface area contributed by atoms with E-state index < -0.39 is 5.97 Å². The van der Waals surface area contributed by atoms with E-state index in [1.54, 1.807) is 23.1 Å². The van der Waals surface area contributed by atoms with E-state index >= 15 is 0 Å². The Labute approximate surface area is 134 Å². The van der Waals surface area contributed by atoms with Gasteiger partial charge in [-0.3, -0.25) is 9.59 Å². The highest BCUT2D eigenvalue weighted by atomic mass is 35.5. The third-order valence-electron chi connectivity index (χ3n) is 3.74. The van der Waals surface area contributed by atoms with E-state index in [9.17, 15) is 9.59 Å². The first kappa shape index (κ1) is 16.1. The van der Waals surface area contributed by atoms with Crippen LogP contribution in [0.15, 0.2) is 18.2 Å². The molecule has 1 amide bonds. The van der Waals surface area contributed by atoms with Crippen LogP contribution in [0.5, 0.6) is 0 Å². The van der Waals surface area contributed by atoms with Gasteiger partial charge in [-0.1, -0.05) is 42.1 Å². The molecule has 1 fully saturated rings. The van der Waals surface area contributed by atoms with Crippen LogP contribution in [0.3, 0.4) is 0 Å². The number of benzene rings is 1. The highest BCUT2D eigenvalue weighted by Crippen LogP contribution is 2.29. The summed E-state index contributed by atoms with van der Waals surface area (Å²) >= 11 is 12.1. The number of hydrogen-bond acceptors (Lipinski definition) is 3. The van der Waals surface area contributed by atoms with Gasteiger partial charge in [0, 0.05) is 6.04 Å². The van der Waals surface area contributed by atoms with Gasteiger partial charge in [0.15, 0.2) is 0 Å². The van der Waals surface area contributed by atoms with Crippen LogP contribution < -0.4 is 0 Å². The average Bonchev–Trinajstić information content (AvgIpc) is 3.00. The summed E-state index contributed by atoms with van der Waals surface area (Å²) in [6, 6.07) is 4.97. The third-order valence-corrected chi connectivity index (χ3v) is 4.55. The Morgan fingerprint density at radius 2 is 1.95 bits per heavy atom. The molecular formula is C15H17Cl2NO3. The number of nitrogens with zero attached hydrogens (tertiary/aromatic N) is 1. The Morgan fingerprint density at radius 3 is 2.57 bits per heavy atom. The molecule has 1 aromatic rings. The van der Waals surface area contributed by atoms with E-state index in [2.05, 4.69) is 4.74 Å². The first-order chi connectivity index (χ1) is 10.0. The molecule has 0 spiro atoms. The van der Waals surface area contributed by atoms with E-state index in [0.29, 0.717) is 10.6 Å². The SMILES string of the molecule is COC(=O)CN(C(=O)c1cccc(Cl)c1Cl)C1CCCC1. The second-order valence-electron chi connectivity index (χ2n) is 5.05. The zero-order valence-corrected chi connectivity index (χ0v) is 13.3. The van der Waals surface area contributed by atoms with Gasteiger partial charge in [0.05, 0.1) is 22.7 Å². The molecule has 0 heterocycles. The normalized spacial score (nSPS) is 15.0. The molecule has 0 bridgehead atoms. The summed E-state index contributed by atoms with van der Waals surface area (Å²) in [6.45, 7) is -0.0666. The Balaban J connectivity index is 2.28. The largest absolute Gasteiger partial charge is 0.468 e. The molecule has 4 nitrogen and oxygen atoms in total. The molecule has 0 aliphatic heterocycles. The highest BCUT2D eigenvalue weighted by molar-refractivity contribution is 6.43. The number of amides is 1. The van der Waals surface area contributed by atoms with Crippen molar-refractivity contribution in [1.29, 1.82) is 0 Å². The number of esters is 1. The molecule has 2 rings (SSSR count). The third kappa shape index (κ3) is 3.69. The van der Waals surface area contributed by atoms with E-state index in [4.69, 9.17) is 23.2 Å². The highest BCUT2D eigenvalue weighted by Gasteiger charge is 2.30. The monoisotopic (exact) mass is 329 g/mol. The summed E-state index contributed by atoms with van der Waals surface area (Å²) in [7, 11) is 1.31. The van der Waals surface area contributed by atoms with Gasteiger partial charge >= 0.3 is 5.97 Å². The number of methoxy groups -OCH3 is 1. The molecule has 0 atom stereocenters. The number of rotatable bonds is 4. The van der Waals surface area contributed by atoms with E-state index in [1.807, 2.05) is 0 Å². The summed E-state index contributed by atoms with van der Waals surface area (Å²) in [5.41, 5.74) is 0.319. The first-order valence-corrected chi connectivity index (χ1v) is 7.62. The van der Waals surface area contributed by atoms with Crippen LogP contribution in [0.2, 0.25) is 10.0 Å². The number of hydrogen-bond donors (Lipinski definition) is 0. The molecule has 0 N–H and O–H groups in total. The van der Waals surface area contributed by atoms with Crippen LogP contribution in [0, 0.1) is 0 Å². The van der Waals surface area contributed by atoms with E-state index in [1.165, 1.54) is 7.11 Å². The molecule has 0 saturated heterocycles. The molecule has 21 heavy (non-hydrogen) atoms. The summed E-state index contributed by atoms with van der Waals surface area (Å²) in [5.74, 6) is -0.715. The fourth-order valence-corrected chi connectivity index (χ4v) is 2.99. The molecule has 1 aromatic carbocycles. The predicted molar refractivity (Wildman–Crippen MR) is 81.8 cm³/mol. The van der Waals surface area contributed by atoms with Crippen molar-refractivity contribution in [3.05, 3.63) is 33.8 Å². The van der Waals surface area contributed by atoms with Gasteiger partial charge in [-0.15, -0.1) is 0 Å². The molecule has 114 valence electrons. The molecule has 1 aliphatic rings. The van der Waals surface area contributed by atoms with Crippen molar-refractivity contribution in [1.82, 2.24) is 4.90 Å². The van der Waals surface area contributed by atoms with Crippen molar-refractivity contribution in [3.8, 4) is 0 Å². The minimum atomic E-state index is -0.437. The Hall–Kier alpha value is -1.26. The van der Waals surface area contributed by atoms with Crippen LogP contribution >= 0.6 is 23.2 Å². The Morgan fingerprint density at radius 1 is 1.29 bits per heavy atom. The van der Waals surface area contributed by atoms with Crippen molar-refractivity contribution in [2.75, 3.05) is 13.7 Å². The number of carbonyl (C=O) groups excluding carboxylic acids is 2. The Kier molecular flexibility index (Phi) is 5.48. The van der Waals surface area contributed by atoms with Gasteiger partial charge in [-0.2, -0.15) is 0 Å². The van der Waals surface area contributed by atoms with Crippen molar-refractivity contribution < 1.29 is 14.3 Å². The lowest BCUT2D eigenvalue weighted by molar-refractivity contribution is -0.141. The van der Waals surface area contributed by atoms with Crippen LogP contribution in [-0.4, -0.2) is 36.5 Å². The van der Waals surface area contributed by atoms with Gasteiger partial charge in [0.25, 0.3) is 5.91 Å². The average molecular weight is 330 g/mol. The lowest BCUT2D eigenvalue weighted by Crippen LogP contribution is -2.42. The zero-order chi connectivity index (χ0) is 15.4. The van der Waals surface area contributed by atoms with Crippen molar-refractivity contribution >= 4 is 35.1 Å². The van der Waals surface area contributed by atoms with Gasteiger partial charge < -0.3 is 9.64 Å². The fraction of sp³-hybridized carbons (Fsp3) is 0.467. The van der Waals surface area contributed by atoms with Crippen LogP contribution in [0.1, 0.15) is 36.0 Å². The first-order valence-electron chi connectivity index (χ1n) is 6.86. The quantitative estimate of drug-likeness (QED) is 0.793. The summed E-state index contributed by atoms with van der Waals surface area (Å²) in [5, 5.41) is 0.545. The van der Waals surface area contributed by atoms with Crippen molar-refractivity contribution in [2.24, 2.45) is 0 Å². The second kappa shape index (κ2) is 7.14. The molecule has 6 heteroatoms. The van der Waals surface area contributed by atoms with E-state index in [-0.39, 0.29) is 23.5 Å². The van der Waals surface area contributed by atoms with Gasteiger partial charge in [-0.25, -0.2) is 0 Å². The van der Waals surface area contributed by atoms with E-state index in [0.717, 1.165) is 25.7 Å². The molecule has 0 radical (unpaired) electrons. The summed E-state index contributed by atoms with van der Waals surface area (Å²) < 4.78 is 4.69. The van der Waals surface area contributed by atoms with Crippen molar-refractivity contribution in [3.63, 3.8) is 0 Å². The minimum Gasteiger partial charge on any atom is -0.468 e. The standard InChI is InChI=1S/C15H17Cl2NO3/c1-21-13(19)9-18(10-5-2-3-6-10)15(20)11-7-4-8-12(16)14(11)17/h4,7-8,10H,2-3,5-6,9H2,1H3. The molecular weight excluding hydrogens is 313 g/mol. The van der Waals surface area contributed by atoms with Gasteiger partial charge in [0.2, 0.25) is 0 Å². The fourth-order valence-electron chi connectivity index (χ4n) is 2.61. The maximum atomic E-state index is 12.7.